The van der Waals surface area contributed by atoms with E-state index in [1.165, 1.54) is 19.2 Å². The second kappa shape index (κ2) is 12.0. The lowest BCUT2D eigenvalue weighted by atomic mass is 9.63. The number of methoxy groups -OCH3 is 1. The number of carboxylic acid groups (broad SMARTS) is 1. The molecular formula is C34H37ClN2O8. The molecule has 5 rings (SSSR count). The van der Waals surface area contributed by atoms with Crippen LogP contribution in [-0.2, 0) is 21.0 Å². The summed E-state index contributed by atoms with van der Waals surface area (Å²) in [5, 5.41) is 20.8. The summed E-state index contributed by atoms with van der Waals surface area (Å²) in [6.07, 6.45) is 1.55. The summed E-state index contributed by atoms with van der Waals surface area (Å²) < 4.78 is 11.7. The fourth-order valence-corrected chi connectivity index (χ4v) is 7.05. The van der Waals surface area contributed by atoms with E-state index in [9.17, 15) is 29.6 Å². The van der Waals surface area contributed by atoms with Crippen LogP contribution in [0, 0.1) is 20.9 Å². The van der Waals surface area contributed by atoms with E-state index >= 15 is 0 Å². The van der Waals surface area contributed by atoms with E-state index < -0.39 is 16.8 Å². The van der Waals surface area contributed by atoms with E-state index in [-0.39, 0.29) is 58.4 Å². The van der Waals surface area contributed by atoms with Gasteiger partial charge < -0.3 is 19.5 Å². The van der Waals surface area contributed by atoms with Crippen LogP contribution in [0.1, 0.15) is 76.8 Å². The number of non-ortho nitro benzene ring substituents is 1. The molecule has 0 bridgehead atoms. The first-order valence-electron chi connectivity index (χ1n) is 14.9. The first kappa shape index (κ1) is 32.2. The standard InChI is InChI=1S/C34H37ClN2O8/c1-33(2)14-23-30(25(38)16-33)29(31-24(36(23)11-10-28(40)41)15-34(3,4)17-26(31)39)20-12-22(35)32(27(13-20)44-5)45-18-19-6-8-21(9-7-19)37(42)43/h6-9,12-13,29H,10-11,14-18H2,1-5H3,(H,40,41). The third kappa shape index (κ3) is 6.47. The molecule has 238 valence electrons. The number of halogens is 1. The lowest BCUT2D eigenvalue weighted by Crippen LogP contribution is -2.45. The first-order chi connectivity index (χ1) is 21.1. The fraction of sp³-hybridized carbons (Fsp3) is 0.441. The summed E-state index contributed by atoms with van der Waals surface area (Å²) in [7, 11) is 1.47. The number of carbonyl (C=O) groups excluding carboxylic acids is 2. The number of Topliss-reactive ketones (excluding diaryl/α,β-unsaturated/α-hetero) is 2. The van der Waals surface area contributed by atoms with Gasteiger partial charge in [0.2, 0.25) is 0 Å². The number of ketones is 2. The van der Waals surface area contributed by atoms with Gasteiger partial charge >= 0.3 is 5.97 Å². The zero-order chi connectivity index (χ0) is 32.8. The molecule has 0 unspecified atom stereocenters. The second-order valence-corrected chi connectivity index (χ2v) is 14.0. The van der Waals surface area contributed by atoms with Gasteiger partial charge in [0, 0.05) is 60.0 Å². The van der Waals surface area contributed by atoms with Crippen LogP contribution in [0.15, 0.2) is 58.9 Å². The molecule has 1 heterocycles. The summed E-state index contributed by atoms with van der Waals surface area (Å²) in [5.41, 5.74) is 3.11. The van der Waals surface area contributed by atoms with Crippen molar-refractivity contribution in [2.45, 2.75) is 72.3 Å². The fourth-order valence-electron chi connectivity index (χ4n) is 6.77. The molecule has 0 saturated carbocycles. The van der Waals surface area contributed by atoms with Crippen LogP contribution >= 0.6 is 11.6 Å². The summed E-state index contributed by atoms with van der Waals surface area (Å²) >= 11 is 6.82. The Morgan fingerprint density at radius 1 is 1.00 bits per heavy atom. The Balaban J connectivity index is 1.62. The van der Waals surface area contributed by atoms with Gasteiger partial charge in [0.25, 0.3) is 5.69 Å². The SMILES string of the molecule is COc1cc(C2C3=C(CC(C)(C)CC3=O)N(CCC(=O)O)C3=C2C(=O)CC(C)(C)C3)cc(Cl)c1OCc1ccc([N+](=O)[O-])cc1. The Labute approximate surface area is 266 Å². The van der Waals surface area contributed by atoms with Crippen molar-refractivity contribution in [2.24, 2.45) is 10.8 Å². The topological polar surface area (TPSA) is 136 Å². The molecule has 1 aliphatic heterocycles. The highest BCUT2D eigenvalue weighted by molar-refractivity contribution is 6.32. The van der Waals surface area contributed by atoms with Crippen molar-refractivity contribution < 1.29 is 33.9 Å². The average molecular weight is 637 g/mol. The molecular weight excluding hydrogens is 600 g/mol. The van der Waals surface area contributed by atoms with Crippen molar-refractivity contribution >= 4 is 34.8 Å². The maximum absolute atomic E-state index is 14.0. The van der Waals surface area contributed by atoms with E-state index in [4.69, 9.17) is 21.1 Å². The summed E-state index contributed by atoms with van der Waals surface area (Å²) in [6.45, 7) is 8.32. The number of hydrogen-bond acceptors (Lipinski definition) is 8. The molecule has 0 atom stereocenters. The van der Waals surface area contributed by atoms with Gasteiger partial charge in [-0.1, -0.05) is 39.3 Å². The van der Waals surface area contributed by atoms with Crippen LogP contribution in [0.5, 0.6) is 11.5 Å². The zero-order valence-electron chi connectivity index (χ0n) is 26.1. The molecule has 0 aromatic heterocycles. The predicted octanol–water partition coefficient (Wildman–Crippen LogP) is 7.00. The Morgan fingerprint density at radius 3 is 2.04 bits per heavy atom. The molecule has 3 aliphatic rings. The van der Waals surface area contributed by atoms with E-state index in [0.29, 0.717) is 53.7 Å². The summed E-state index contributed by atoms with van der Waals surface area (Å²) in [5.74, 6) is -1.24. The molecule has 10 nitrogen and oxygen atoms in total. The van der Waals surface area contributed by atoms with Gasteiger partial charge in [0.1, 0.15) is 6.61 Å². The van der Waals surface area contributed by atoms with Crippen LogP contribution in [0.25, 0.3) is 0 Å². The van der Waals surface area contributed by atoms with Crippen molar-refractivity contribution in [3.8, 4) is 11.5 Å². The Hall–Kier alpha value is -4.18. The van der Waals surface area contributed by atoms with Gasteiger partial charge in [-0.2, -0.15) is 0 Å². The summed E-state index contributed by atoms with van der Waals surface area (Å²) in [6, 6.07) is 9.42. The minimum atomic E-state index is -0.954. The van der Waals surface area contributed by atoms with Crippen molar-refractivity contribution in [3.63, 3.8) is 0 Å². The van der Waals surface area contributed by atoms with Crippen molar-refractivity contribution in [1.29, 1.82) is 0 Å². The molecule has 0 spiro atoms. The molecule has 2 aliphatic carbocycles. The number of allylic oxidation sites excluding steroid dienone is 4. The Kier molecular flexibility index (Phi) is 8.57. The second-order valence-electron chi connectivity index (χ2n) is 13.6. The van der Waals surface area contributed by atoms with Crippen LogP contribution in [0.2, 0.25) is 5.02 Å². The third-order valence-electron chi connectivity index (χ3n) is 8.69. The molecule has 45 heavy (non-hydrogen) atoms. The van der Waals surface area contributed by atoms with Gasteiger partial charge in [-0.05, 0) is 59.1 Å². The minimum Gasteiger partial charge on any atom is -0.493 e. The van der Waals surface area contributed by atoms with Crippen LogP contribution in [0.3, 0.4) is 0 Å². The summed E-state index contributed by atoms with van der Waals surface area (Å²) in [4.78, 5) is 52.1. The molecule has 0 radical (unpaired) electrons. The van der Waals surface area contributed by atoms with E-state index in [1.54, 1.807) is 24.3 Å². The van der Waals surface area contributed by atoms with Gasteiger partial charge in [-0.3, -0.25) is 24.5 Å². The number of carbonyl (C=O) groups is 3. The van der Waals surface area contributed by atoms with Gasteiger partial charge in [0.15, 0.2) is 23.1 Å². The molecule has 1 N–H and O–H groups in total. The number of benzene rings is 2. The van der Waals surface area contributed by atoms with Crippen LogP contribution in [-0.4, -0.2) is 46.1 Å². The van der Waals surface area contributed by atoms with E-state index in [1.807, 2.05) is 32.6 Å². The first-order valence-corrected chi connectivity index (χ1v) is 15.2. The zero-order valence-corrected chi connectivity index (χ0v) is 26.8. The largest absolute Gasteiger partial charge is 0.493 e. The highest BCUT2D eigenvalue weighted by Gasteiger charge is 2.49. The van der Waals surface area contributed by atoms with E-state index in [2.05, 4.69) is 0 Å². The lowest BCUT2D eigenvalue weighted by molar-refractivity contribution is -0.384. The van der Waals surface area contributed by atoms with Crippen molar-refractivity contribution in [2.75, 3.05) is 13.7 Å². The number of rotatable bonds is 9. The molecule has 0 fully saturated rings. The number of aliphatic carboxylic acids is 1. The highest BCUT2D eigenvalue weighted by Crippen LogP contribution is 2.55. The average Bonchev–Trinajstić information content (AvgIpc) is 2.93. The van der Waals surface area contributed by atoms with Crippen molar-refractivity contribution in [3.05, 3.63) is 85.2 Å². The molecule has 0 saturated heterocycles. The number of nitro groups is 1. The maximum atomic E-state index is 14.0. The number of nitro benzene ring substituents is 1. The van der Waals surface area contributed by atoms with Crippen molar-refractivity contribution in [1.82, 2.24) is 4.90 Å². The quantitative estimate of drug-likeness (QED) is 0.228. The van der Waals surface area contributed by atoms with Gasteiger partial charge in [-0.25, -0.2) is 0 Å². The molecule has 2 aromatic rings. The van der Waals surface area contributed by atoms with Crippen LogP contribution in [0.4, 0.5) is 5.69 Å². The maximum Gasteiger partial charge on any atom is 0.305 e. The Bertz CT molecular complexity index is 1600. The number of hydrogen-bond donors (Lipinski definition) is 1. The van der Waals surface area contributed by atoms with Gasteiger partial charge in [-0.15, -0.1) is 0 Å². The van der Waals surface area contributed by atoms with Crippen LogP contribution < -0.4 is 9.47 Å². The molecule has 11 heteroatoms. The smallest absolute Gasteiger partial charge is 0.305 e. The monoisotopic (exact) mass is 636 g/mol. The lowest BCUT2D eigenvalue weighted by Gasteiger charge is -2.49. The molecule has 0 amide bonds. The van der Waals surface area contributed by atoms with E-state index in [0.717, 1.165) is 11.4 Å². The minimum absolute atomic E-state index is 0.0311. The number of carboxylic acids is 1. The number of ether oxygens (including phenoxy) is 2. The normalized spacial score (nSPS) is 19.3. The Morgan fingerprint density at radius 2 is 1.56 bits per heavy atom. The third-order valence-corrected chi connectivity index (χ3v) is 8.97. The molecule has 2 aromatic carbocycles. The predicted molar refractivity (Wildman–Crippen MR) is 167 cm³/mol. The highest BCUT2D eigenvalue weighted by atomic mass is 35.5. The van der Waals surface area contributed by atoms with Gasteiger partial charge in [0.05, 0.1) is 23.5 Å². The number of nitrogens with zero attached hydrogens (tertiary/aromatic N) is 2.